The van der Waals surface area contributed by atoms with Gasteiger partial charge in [-0.05, 0) is 30.7 Å². The number of amides is 3. The van der Waals surface area contributed by atoms with Gasteiger partial charge in [-0.3, -0.25) is 30.3 Å². The number of para-hydroxylation sites is 2. The van der Waals surface area contributed by atoms with E-state index in [1.165, 1.54) is 4.58 Å². The number of likely N-dealkylation sites (tertiary alicyclic amines) is 1. The van der Waals surface area contributed by atoms with Crippen molar-refractivity contribution in [3.63, 3.8) is 0 Å². The third-order valence-corrected chi connectivity index (χ3v) is 8.15. The van der Waals surface area contributed by atoms with Crippen LogP contribution in [-0.4, -0.2) is 92.0 Å². The first-order valence-corrected chi connectivity index (χ1v) is 13.2. The fourth-order valence-corrected chi connectivity index (χ4v) is 6.10. The Kier molecular flexibility index (Phi) is 6.12. The molecule has 4 atom stereocenters. The van der Waals surface area contributed by atoms with Gasteiger partial charge < -0.3 is 31.3 Å². The van der Waals surface area contributed by atoms with Crippen LogP contribution in [0.15, 0.2) is 53.5 Å². The smallest absolute Gasteiger partial charge is 0.346 e. The van der Waals surface area contributed by atoms with Gasteiger partial charge in [-0.1, -0.05) is 30.3 Å². The molecule has 0 bridgehead atoms. The summed E-state index contributed by atoms with van der Waals surface area (Å²) < 4.78 is 7.48. The molecule has 2 aromatic rings. The number of ether oxygens (including phenoxy) is 1. The number of carbonyl (C=O) groups is 3. The zero-order valence-electron chi connectivity index (χ0n) is 22.2. The number of rotatable bonds is 6. The number of nitrogens with one attached hydrogen (secondary N) is 3. The van der Waals surface area contributed by atoms with Gasteiger partial charge >= 0.3 is 5.96 Å². The Morgan fingerprint density at radius 1 is 1.12 bits per heavy atom. The lowest BCUT2D eigenvalue weighted by molar-refractivity contribution is -0.623. The van der Waals surface area contributed by atoms with Crippen LogP contribution >= 0.6 is 0 Å². The molecule has 0 radical (unpaired) electrons. The number of nitrogens with two attached hydrogens (primary N) is 2. The molecule has 14 heteroatoms. The molecule has 0 aromatic heterocycles. The maximum Gasteiger partial charge on any atom is 0.346 e. The molecule has 41 heavy (non-hydrogen) atoms. The molecule has 2 aromatic carbocycles. The molecular formula is C27H31N8O6+. The van der Waals surface area contributed by atoms with E-state index >= 15 is 0 Å². The van der Waals surface area contributed by atoms with Gasteiger partial charge in [0, 0.05) is 12.8 Å². The van der Waals surface area contributed by atoms with Crippen LogP contribution in [0.4, 0.5) is 0 Å². The second kappa shape index (κ2) is 9.45. The van der Waals surface area contributed by atoms with Crippen molar-refractivity contribution in [2.24, 2.45) is 16.5 Å². The second-order valence-corrected chi connectivity index (χ2v) is 10.6. The average molecular weight is 564 g/mol. The fraction of sp³-hybridized carbons (Fsp3) is 0.370. The largest absolute Gasteiger partial charge is 0.456 e. The van der Waals surface area contributed by atoms with Gasteiger partial charge in [0.2, 0.25) is 23.3 Å². The Labute approximate surface area is 234 Å². The molecule has 1 spiro atoms. The quantitative estimate of drug-likeness (QED) is 0.117. The Bertz CT molecular complexity index is 1510. The molecule has 4 aliphatic heterocycles. The van der Waals surface area contributed by atoms with Crippen LogP contribution in [0.25, 0.3) is 0 Å². The van der Waals surface area contributed by atoms with Gasteiger partial charge in [0.15, 0.2) is 5.96 Å². The summed E-state index contributed by atoms with van der Waals surface area (Å²) in [6, 6.07) is 10.9. The fourth-order valence-electron chi connectivity index (χ4n) is 6.10. The molecule has 14 nitrogen and oxygen atoms in total. The molecule has 9 N–H and O–H groups in total. The Morgan fingerprint density at radius 2 is 1.78 bits per heavy atom. The molecule has 4 aliphatic rings. The van der Waals surface area contributed by atoms with Crippen molar-refractivity contribution >= 4 is 29.6 Å². The minimum absolute atomic E-state index is 0.0373. The summed E-state index contributed by atoms with van der Waals surface area (Å²) in [6.07, 6.45) is 0.201. The van der Waals surface area contributed by atoms with E-state index in [4.69, 9.17) is 16.2 Å². The highest BCUT2D eigenvalue weighted by Crippen LogP contribution is 2.42. The summed E-state index contributed by atoms with van der Waals surface area (Å²) in [5.74, 6) is -3.13. The Balaban J connectivity index is 1.29. The third-order valence-electron chi connectivity index (χ3n) is 8.15. The van der Waals surface area contributed by atoms with Crippen LogP contribution in [-0.2, 0) is 9.59 Å². The van der Waals surface area contributed by atoms with Crippen molar-refractivity contribution in [3.8, 4) is 11.5 Å². The molecule has 214 valence electrons. The number of hydrogen-bond acceptors (Lipinski definition) is 11. The van der Waals surface area contributed by atoms with E-state index in [-0.39, 0.29) is 61.0 Å². The number of aliphatic imine (C=N–C) groups is 1. The second-order valence-electron chi connectivity index (χ2n) is 10.6. The van der Waals surface area contributed by atoms with Crippen molar-refractivity contribution in [1.29, 1.82) is 0 Å². The van der Waals surface area contributed by atoms with Crippen molar-refractivity contribution in [3.05, 3.63) is 59.7 Å². The Hall–Kier alpha value is -4.69. The minimum Gasteiger partial charge on any atom is -0.456 e. The van der Waals surface area contributed by atoms with E-state index in [2.05, 4.69) is 20.9 Å². The highest BCUT2D eigenvalue weighted by atomic mass is 16.5. The summed E-state index contributed by atoms with van der Waals surface area (Å²) in [7, 11) is 0. The average Bonchev–Trinajstić information content (AvgIpc) is 3.53. The number of aryl methyl sites for hydroxylation is 1. The zero-order valence-corrected chi connectivity index (χ0v) is 22.2. The van der Waals surface area contributed by atoms with Gasteiger partial charge in [-0.25, -0.2) is 9.57 Å². The lowest BCUT2D eigenvalue weighted by Crippen LogP contribution is -2.79. The molecular weight excluding hydrogens is 532 g/mol. The van der Waals surface area contributed by atoms with Crippen LogP contribution in [0.3, 0.4) is 0 Å². The van der Waals surface area contributed by atoms with E-state index in [9.17, 15) is 24.6 Å². The number of aliphatic hydroxyl groups is 2. The number of hydrogen-bond donors (Lipinski definition) is 7. The topological polar surface area (TPSA) is 208 Å². The van der Waals surface area contributed by atoms with Crippen LogP contribution in [0.1, 0.15) is 28.8 Å². The molecule has 2 fully saturated rings. The standard InChI is InChI=1S/C27H30N8O6/c1-14-6-2-4-8-17(14)41-18-9-5-3-7-15(18)23(38)31-19-13-35-25(29)30-16(12-34-20(36)10-11-21(34)37)22-26(35,27(19,39)40)33-24(28)32-22/h2-9,16,19,22,39-40H,10-13H2,1H3,(H6,28,29,30,31,32,33,38)/p+1/t16-,19?,22-,26-/m0/s1. The van der Waals surface area contributed by atoms with Crippen LogP contribution in [0, 0.1) is 6.92 Å². The van der Waals surface area contributed by atoms with Crippen LogP contribution < -0.4 is 32.2 Å². The van der Waals surface area contributed by atoms with Crippen LogP contribution in [0.5, 0.6) is 11.5 Å². The number of imide groups is 1. The van der Waals surface area contributed by atoms with Crippen molar-refractivity contribution in [2.75, 3.05) is 13.1 Å². The molecule has 3 amide bonds. The SMILES string of the molecule is Cc1ccccc1Oc1ccccc1C(=O)NC1C[N+]2=C(N)N[C@@H](CN3C(=O)CCC3=O)[C@@H]3N=C(N)N[C@@]32C1(O)O. The van der Waals surface area contributed by atoms with Gasteiger partial charge in [0.05, 0.1) is 18.7 Å². The van der Waals surface area contributed by atoms with Crippen molar-refractivity contribution in [2.45, 2.75) is 49.3 Å². The Morgan fingerprint density at radius 3 is 2.49 bits per heavy atom. The molecule has 1 unspecified atom stereocenters. The summed E-state index contributed by atoms with van der Waals surface area (Å²) in [4.78, 5) is 43.7. The lowest BCUT2D eigenvalue weighted by atomic mass is 9.85. The summed E-state index contributed by atoms with van der Waals surface area (Å²) in [6.45, 7) is 1.65. The number of guanidine groups is 2. The molecule has 6 rings (SSSR count). The monoisotopic (exact) mass is 563 g/mol. The van der Waals surface area contributed by atoms with Gasteiger partial charge in [0.1, 0.15) is 29.6 Å². The van der Waals surface area contributed by atoms with Gasteiger partial charge in [-0.2, -0.15) is 0 Å². The molecule has 2 saturated heterocycles. The predicted octanol–water partition coefficient (Wildman–Crippen LogP) is -1.99. The first-order valence-electron chi connectivity index (χ1n) is 13.2. The van der Waals surface area contributed by atoms with Gasteiger partial charge in [0.25, 0.3) is 5.91 Å². The van der Waals surface area contributed by atoms with E-state index in [1.54, 1.807) is 30.3 Å². The van der Waals surface area contributed by atoms with E-state index < -0.39 is 35.5 Å². The van der Waals surface area contributed by atoms with Gasteiger partial charge in [-0.15, -0.1) is 0 Å². The predicted molar refractivity (Wildman–Crippen MR) is 145 cm³/mol. The number of nitrogens with zero attached hydrogens (tertiary/aromatic N) is 3. The van der Waals surface area contributed by atoms with E-state index in [0.29, 0.717) is 5.75 Å². The van der Waals surface area contributed by atoms with E-state index in [1.807, 2.05) is 25.1 Å². The zero-order chi connectivity index (χ0) is 29.1. The van der Waals surface area contributed by atoms with Crippen molar-refractivity contribution in [1.82, 2.24) is 20.9 Å². The highest BCUT2D eigenvalue weighted by molar-refractivity contribution is 6.02. The van der Waals surface area contributed by atoms with Crippen molar-refractivity contribution < 1.29 is 33.9 Å². The molecule has 0 saturated carbocycles. The highest BCUT2D eigenvalue weighted by Gasteiger charge is 2.75. The molecule has 4 heterocycles. The summed E-state index contributed by atoms with van der Waals surface area (Å²) in [5, 5.41) is 32.0. The number of benzene rings is 2. The first-order chi connectivity index (χ1) is 19.5. The first kappa shape index (κ1) is 26.5. The normalized spacial score (nSPS) is 28.0. The maximum atomic E-state index is 13.6. The van der Waals surface area contributed by atoms with Crippen LogP contribution in [0.2, 0.25) is 0 Å². The maximum absolute atomic E-state index is 13.6. The van der Waals surface area contributed by atoms with E-state index in [0.717, 1.165) is 10.5 Å². The summed E-state index contributed by atoms with van der Waals surface area (Å²) >= 11 is 0. The third kappa shape index (κ3) is 4.05. The lowest BCUT2D eigenvalue weighted by Gasteiger charge is -2.44. The minimum atomic E-state index is -2.66. The number of carbonyl (C=O) groups excluding carboxylic acids is 3. The summed E-state index contributed by atoms with van der Waals surface area (Å²) in [5.41, 5.74) is 11.7. The molecule has 0 aliphatic carbocycles.